The van der Waals surface area contributed by atoms with E-state index in [9.17, 15) is 18.0 Å². The average Bonchev–Trinajstić information content (AvgIpc) is 2.19. The summed E-state index contributed by atoms with van der Waals surface area (Å²) in [7, 11) is 0. The molecule has 1 aromatic carbocycles. The van der Waals surface area contributed by atoms with Crippen molar-refractivity contribution >= 4 is 17.5 Å². The Balaban J connectivity index is 2.58. The van der Waals surface area contributed by atoms with Gasteiger partial charge in [-0.05, 0) is 17.7 Å². The maximum atomic E-state index is 12.7. The molecule has 6 heteroatoms. The predicted octanol–water partition coefficient (Wildman–Crippen LogP) is 2.36. The van der Waals surface area contributed by atoms with Crippen LogP contribution < -0.4 is 5.32 Å². The van der Waals surface area contributed by atoms with Gasteiger partial charge in [-0.1, -0.05) is 17.7 Å². The molecular formula is C9H7ClF3NO. The molecule has 0 unspecified atom stereocenters. The van der Waals surface area contributed by atoms with Gasteiger partial charge in [0.2, 0.25) is 0 Å². The SMILES string of the molecule is O=C(NCc1ccc(F)c(Cl)c1)C(F)F. The van der Waals surface area contributed by atoms with Crippen LogP contribution in [0.15, 0.2) is 18.2 Å². The minimum absolute atomic E-state index is 0.108. The van der Waals surface area contributed by atoms with Gasteiger partial charge in [0.25, 0.3) is 5.91 Å². The first-order valence-corrected chi connectivity index (χ1v) is 4.38. The van der Waals surface area contributed by atoms with Crippen molar-refractivity contribution in [3.8, 4) is 0 Å². The van der Waals surface area contributed by atoms with Crippen LogP contribution in [-0.2, 0) is 11.3 Å². The van der Waals surface area contributed by atoms with Crippen LogP contribution >= 0.6 is 11.6 Å². The van der Waals surface area contributed by atoms with Crippen molar-refractivity contribution in [2.75, 3.05) is 0 Å². The van der Waals surface area contributed by atoms with Gasteiger partial charge in [0, 0.05) is 6.54 Å². The van der Waals surface area contributed by atoms with Crippen LogP contribution in [-0.4, -0.2) is 12.3 Å². The molecule has 2 nitrogen and oxygen atoms in total. The smallest absolute Gasteiger partial charge is 0.315 e. The highest BCUT2D eigenvalue weighted by atomic mass is 35.5. The summed E-state index contributed by atoms with van der Waals surface area (Å²) in [6.07, 6.45) is -3.05. The van der Waals surface area contributed by atoms with E-state index >= 15 is 0 Å². The number of rotatable bonds is 3. The van der Waals surface area contributed by atoms with Crippen molar-refractivity contribution in [3.05, 3.63) is 34.6 Å². The number of carbonyl (C=O) groups excluding carboxylic acids is 1. The van der Waals surface area contributed by atoms with Crippen molar-refractivity contribution in [1.29, 1.82) is 0 Å². The second kappa shape index (κ2) is 5.02. The summed E-state index contributed by atoms with van der Waals surface area (Å²) in [5.74, 6) is -1.96. The van der Waals surface area contributed by atoms with E-state index in [2.05, 4.69) is 0 Å². The summed E-state index contributed by atoms with van der Waals surface area (Å²) in [4.78, 5) is 10.5. The maximum Gasteiger partial charge on any atom is 0.315 e. The molecule has 1 aromatic rings. The molecule has 0 fully saturated rings. The first kappa shape index (κ1) is 11.8. The molecule has 0 saturated carbocycles. The molecule has 1 N–H and O–H groups in total. The van der Waals surface area contributed by atoms with E-state index < -0.39 is 18.1 Å². The van der Waals surface area contributed by atoms with Crippen LogP contribution in [0.5, 0.6) is 0 Å². The molecule has 15 heavy (non-hydrogen) atoms. The zero-order valence-corrected chi connectivity index (χ0v) is 8.19. The van der Waals surface area contributed by atoms with Gasteiger partial charge in [0.05, 0.1) is 5.02 Å². The molecule has 0 aliphatic carbocycles. The lowest BCUT2D eigenvalue weighted by molar-refractivity contribution is -0.131. The summed E-state index contributed by atoms with van der Waals surface area (Å²) in [5, 5.41) is 1.86. The van der Waals surface area contributed by atoms with E-state index in [1.54, 1.807) is 0 Å². The summed E-state index contributed by atoms with van der Waals surface area (Å²) >= 11 is 5.46. The molecule has 0 saturated heterocycles. The number of nitrogens with one attached hydrogen (secondary N) is 1. The molecule has 82 valence electrons. The Morgan fingerprint density at radius 1 is 1.47 bits per heavy atom. The van der Waals surface area contributed by atoms with E-state index in [0.29, 0.717) is 5.56 Å². The van der Waals surface area contributed by atoms with Crippen molar-refractivity contribution in [2.45, 2.75) is 13.0 Å². The summed E-state index contributed by atoms with van der Waals surface area (Å²) in [6, 6.07) is 3.72. The Morgan fingerprint density at radius 3 is 2.67 bits per heavy atom. The molecule has 0 aliphatic heterocycles. The van der Waals surface area contributed by atoms with Crippen LogP contribution in [0.25, 0.3) is 0 Å². The zero-order valence-electron chi connectivity index (χ0n) is 7.44. The van der Waals surface area contributed by atoms with E-state index in [1.807, 2.05) is 5.32 Å². The van der Waals surface area contributed by atoms with Gasteiger partial charge >= 0.3 is 6.43 Å². The van der Waals surface area contributed by atoms with Crippen molar-refractivity contribution in [3.63, 3.8) is 0 Å². The lowest BCUT2D eigenvalue weighted by Crippen LogP contribution is -2.28. The highest BCUT2D eigenvalue weighted by molar-refractivity contribution is 6.30. The number of benzene rings is 1. The molecule has 1 amide bonds. The monoisotopic (exact) mass is 237 g/mol. The fourth-order valence-electron chi connectivity index (χ4n) is 0.916. The second-order valence-electron chi connectivity index (χ2n) is 2.77. The molecule has 0 heterocycles. The minimum atomic E-state index is -3.05. The number of carbonyl (C=O) groups is 1. The van der Waals surface area contributed by atoms with Gasteiger partial charge in [-0.3, -0.25) is 4.79 Å². The number of halogens is 4. The molecule has 0 radical (unpaired) electrons. The van der Waals surface area contributed by atoms with E-state index in [1.165, 1.54) is 12.1 Å². The summed E-state index contributed by atoms with van der Waals surface area (Å²) in [5.41, 5.74) is 0.454. The Labute approximate surface area is 89.0 Å². The van der Waals surface area contributed by atoms with Gasteiger partial charge < -0.3 is 5.32 Å². The minimum Gasteiger partial charge on any atom is -0.347 e. The highest BCUT2D eigenvalue weighted by Gasteiger charge is 2.14. The first-order chi connectivity index (χ1) is 7.00. The molecule has 0 aromatic heterocycles. The summed E-state index contributed by atoms with van der Waals surface area (Å²) in [6.45, 7) is -0.108. The van der Waals surface area contributed by atoms with Crippen LogP contribution in [0.4, 0.5) is 13.2 Å². The third-order valence-electron chi connectivity index (χ3n) is 1.65. The second-order valence-corrected chi connectivity index (χ2v) is 3.17. The third kappa shape index (κ3) is 3.43. The molecule has 0 atom stereocenters. The Kier molecular flexibility index (Phi) is 3.96. The standard InChI is InChI=1S/C9H7ClF3NO/c10-6-3-5(1-2-7(6)11)4-14-9(15)8(12)13/h1-3,8H,4H2,(H,14,15). The Morgan fingerprint density at radius 2 is 2.13 bits per heavy atom. The topological polar surface area (TPSA) is 29.1 Å². The van der Waals surface area contributed by atoms with Crippen LogP contribution in [0.1, 0.15) is 5.56 Å². The maximum absolute atomic E-state index is 12.7. The number of alkyl halides is 2. The van der Waals surface area contributed by atoms with E-state index in [4.69, 9.17) is 11.6 Å². The average molecular weight is 238 g/mol. The van der Waals surface area contributed by atoms with Crippen LogP contribution in [0, 0.1) is 5.82 Å². The fraction of sp³-hybridized carbons (Fsp3) is 0.222. The fourth-order valence-corrected chi connectivity index (χ4v) is 1.12. The zero-order chi connectivity index (χ0) is 11.4. The lowest BCUT2D eigenvalue weighted by atomic mass is 10.2. The van der Waals surface area contributed by atoms with Gasteiger partial charge in [-0.25, -0.2) is 4.39 Å². The van der Waals surface area contributed by atoms with Crippen LogP contribution in [0.3, 0.4) is 0 Å². The molecule has 1 rings (SSSR count). The van der Waals surface area contributed by atoms with Gasteiger partial charge in [-0.2, -0.15) is 8.78 Å². The number of hydrogen-bond acceptors (Lipinski definition) is 1. The predicted molar refractivity (Wildman–Crippen MR) is 49.3 cm³/mol. The van der Waals surface area contributed by atoms with Gasteiger partial charge in [0.1, 0.15) is 5.82 Å². The first-order valence-electron chi connectivity index (χ1n) is 4.00. The number of amides is 1. The van der Waals surface area contributed by atoms with Crippen molar-refractivity contribution in [2.24, 2.45) is 0 Å². The van der Waals surface area contributed by atoms with Crippen molar-refractivity contribution in [1.82, 2.24) is 5.32 Å². The number of hydrogen-bond donors (Lipinski definition) is 1. The van der Waals surface area contributed by atoms with E-state index in [0.717, 1.165) is 6.07 Å². The quantitative estimate of drug-likeness (QED) is 0.859. The molecular weight excluding hydrogens is 231 g/mol. The Hall–Kier alpha value is -1.23. The van der Waals surface area contributed by atoms with E-state index in [-0.39, 0.29) is 11.6 Å². The van der Waals surface area contributed by atoms with Crippen molar-refractivity contribution < 1.29 is 18.0 Å². The highest BCUT2D eigenvalue weighted by Crippen LogP contribution is 2.15. The molecule has 0 spiro atoms. The molecule has 0 bridgehead atoms. The van der Waals surface area contributed by atoms with Gasteiger partial charge in [-0.15, -0.1) is 0 Å². The summed E-state index contributed by atoms with van der Waals surface area (Å²) < 4.78 is 36.2. The lowest BCUT2D eigenvalue weighted by Gasteiger charge is -2.04. The molecule has 0 aliphatic rings. The van der Waals surface area contributed by atoms with Gasteiger partial charge in [0.15, 0.2) is 0 Å². The largest absolute Gasteiger partial charge is 0.347 e. The third-order valence-corrected chi connectivity index (χ3v) is 1.94. The Bertz CT molecular complexity index is 370. The van der Waals surface area contributed by atoms with Crippen LogP contribution in [0.2, 0.25) is 5.02 Å². The normalized spacial score (nSPS) is 10.5.